The molecular weight excluding hydrogens is 960 g/mol. The molecule has 0 radical (unpaired) electrons. The summed E-state index contributed by atoms with van der Waals surface area (Å²) in [6, 6.07) is 64.3. The van der Waals surface area contributed by atoms with Gasteiger partial charge in [0.05, 0.1) is 21.8 Å². The fraction of sp³-hybridized carbons (Fsp3) is 0.173. The summed E-state index contributed by atoms with van der Waals surface area (Å²) in [5.74, 6) is -13.5. The molecule has 354 valence electrons. The fourth-order valence-electron chi connectivity index (χ4n) is 8.30. The van der Waals surface area contributed by atoms with Crippen molar-refractivity contribution >= 4 is 47.8 Å². The van der Waals surface area contributed by atoms with E-state index < -0.39 is 64.9 Å². The van der Waals surface area contributed by atoms with Crippen molar-refractivity contribution in [3.8, 4) is 0 Å². The van der Waals surface area contributed by atoms with E-state index in [-0.39, 0.29) is 38.9 Å². The standard InChI is InChI=1S/2C18H15S.C10H16O4S.C6HF5O3S/c2*1-4-10-16(11-5-1)19(17-12-6-2-7-13-17)18-14-8-3-9-15-18;1-9(2)6-4-5-10(9,3)8(11)7(6)15(12,13)14;7-1-2(8)4(10)6(15(12,13)14)5(11)3(1)9/h2*1-15H;6-7H,4-5H2,1-3H3,(H,12,13,14);(H,12,13,14)/q2*+1;;/p-2. The number of benzene rings is 7. The molecule has 0 aliphatic heterocycles. The average Bonchev–Trinajstić information content (AvgIpc) is 3.65. The lowest BCUT2D eigenvalue weighted by molar-refractivity contribution is -0.128. The summed E-state index contributed by atoms with van der Waals surface area (Å²) in [6.07, 6.45) is 1.37. The zero-order valence-corrected chi connectivity index (χ0v) is 40.0. The zero-order valence-electron chi connectivity index (χ0n) is 36.8. The predicted molar refractivity (Wildman–Crippen MR) is 250 cm³/mol. The van der Waals surface area contributed by atoms with E-state index in [1.165, 1.54) is 29.4 Å². The van der Waals surface area contributed by atoms with E-state index in [0.717, 1.165) is 0 Å². The van der Waals surface area contributed by atoms with E-state index in [0.29, 0.717) is 12.8 Å². The largest absolute Gasteiger partial charge is 0.747 e. The van der Waals surface area contributed by atoms with Crippen molar-refractivity contribution in [1.29, 1.82) is 0 Å². The monoisotopic (exact) mass is 1000 g/mol. The van der Waals surface area contributed by atoms with Gasteiger partial charge in [0.1, 0.15) is 30.4 Å². The first-order chi connectivity index (χ1) is 32.2. The van der Waals surface area contributed by atoms with E-state index >= 15 is 0 Å². The Hall–Kier alpha value is -5.62. The van der Waals surface area contributed by atoms with Crippen molar-refractivity contribution in [2.24, 2.45) is 16.7 Å². The molecule has 0 amide bonds. The highest BCUT2D eigenvalue weighted by Gasteiger charge is 2.67. The highest BCUT2D eigenvalue weighted by atomic mass is 32.2. The van der Waals surface area contributed by atoms with E-state index in [4.69, 9.17) is 0 Å². The van der Waals surface area contributed by atoms with Gasteiger partial charge in [-0.05, 0) is 97.0 Å². The van der Waals surface area contributed by atoms with Crippen LogP contribution < -0.4 is 0 Å². The van der Waals surface area contributed by atoms with Gasteiger partial charge < -0.3 is 9.11 Å². The molecule has 3 atom stereocenters. The van der Waals surface area contributed by atoms with Crippen LogP contribution in [0.2, 0.25) is 0 Å². The maximum absolute atomic E-state index is 12.6. The topological polar surface area (TPSA) is 131 Å². The van der Waals surface area contributed by atoms with Crippen LogP contribution in [-0.4, -0.2) is 37.0 Å². The van der Waals surface area contributed by atoms with Gasteiger partial charge in [-0.25, -0.2) is 38.8 Å². The molecule has 2 aliphatic carbocycles. The van der Waals surface area contributed by atoms with Crippen LogP contribution in [0.5, 0.6) is 0 Å². The fourth-order valence-corrected chi connectivity index (χ4v) is 14.5. The van der Waals surface area contributed by atoms with Crippen molar-refractivity contribution in [3.63, 3.8) is 0 Å². The predicted octanol–water partition coefficient (Wildman–Crippen LogP) is 11.8. The maximum atomic E-state index is 12.6. The van der Waals surface area contributed by atoms with Crippen molar-refractivity contribution in [1.82, 2.24) is 0 Å². The number of carbonyl (C=O) groups is 1. The number of rotatable bonds is 8. The molecule has 0 aromatic heterocycles. The Balaban J connectivity index is 0.000000150. The SMILES string of the molecule is CC12CCC(C(S(=O)(=O)[O-])C1=O)C2(C)C.O=S(=O)([O-])c1c(F)c(F)c(F)c(F)c1F.c1ccc([S+](c2ccccc2)c2ccccc2)cc1.c1ccc([S+](c2ccccc2)c2ccccc2)cc1. The number of hydrogen-bond donors (Lipinski definition) is 0. The Kier molecular flexibility index (Phi) is 16.6. The van der Waals surface area contributed by atoms with Gasteiger partial charge in [0.2, 0.25) is 5.82 Å². The van der Waals surface area contributed by atoms with Crippen molar-refractivity contribution in [3.05, 3.63) is 211 Å². The first-order valence-corrected chi connectivity index (χ1v) is 26.3. The number of ketones is 1. The van der Waals surface area contributed by atoms with E-state index in [1.807, 2.05) is 13.8 Å². The second kappa shape index (κ2) is 21.8. The molecule has 2 saturated carbocycles. The molecule has 7 aromatic rings. The van der Waals surface area contributed by atoms with Crippen LogP contribution in [0.3, 0.4) is 0 Å². The number of halogens is 5. The molecule has 0 heterocycles. The summed E-state index contributed by atoms with van der Waals surface area (Å²) in [7, 11) is -10.3. The molecule has 7 aromatic carbocycles. The average molecular weight is 1010 g/mol. The molecule has 0 saturated heterocycles. The molecule has 7 nitrogen and oxygen atoms in total. The minimum Gasteiger partial charge on any atom is -0.747 e. The van der Waals surface area contributed by atoms with Gasteiger partial charge in [-0.15, -0.1) is 0 Å². The highest BCUT2D eigenvalue weighted by molar-refractivity contribution is 7.97. The van der Waals surface area contributed by atoms with E-state index in [2.05, 4.69) is 182 Å². The molecule has 2 aliphatic rings. The van der Waals surface area contributed by atoms with Crippen LogP contribution in [0.4, 0.5) is 22.0 Å². The van der Waals surface area contributed by atoms with Crippen molar-refractivity contribution < 1.29 is 52.7 Å². The van der Waals surface area contributed by atoms with Gasteiger partial charge in [-0.2, -0.15) is 0 Å². The van der Waals surface area contributed by atoms with Gasteiger partial charge in [-0.3, -0.25) is 4.79 Å². The van der Waals surface area contributed by atoms with Crippen LogP contribution in [0.1, 0.15) is 33.6 Å². The number of hydrogen-bond acceptors (Lipinski definition) is 7. The van der Waals surface area contributed by atoms with Crippen molar-refractivity contribution in [2.75, 3.05) is 0 Å². The summed E-state index contributed by atoms with van der Waals surface area (Å²) >= 11 is 0. The first kappa shape index (κ1) is 51.8. The minimum atomic E-state index is -5.77. The molecule has 0 N–H and O–H groups in total. The smallest absolute Gasteiger partial charge is 0.200 e. The third-order valence-electron chi connectivity index (χ3n) is 12.1. The number of Topliss-reactive ketones (excluding diaryl/α,β-unsaturated/α-hetero) is 1. The molecule has 0 spiro atoms. The Morgan fingerprint density at radius 2 is 0.706 bits per heavy atom. The number of carbonyl (C=O) groups excluding carboxylic acids is 1. The van der Waals surface area contributed by atoms with Gasteiger partial charge in [-0.1, -0.05) is 130 Å². The molecule has 2 bridgehead atoms. The highest BCUT2D eigenvalue weighted by Crippen LogP contribution is 2.64. The van der Waals surface area contributed by atoms with Crippen LogP contribution >= 0.6 is 0 Å². The van der Waals surface area contributed by atoms with Crippen LogP contribution in [0.15, 0.2) is 216 Å². The Morgan fingerprint density at radius 3 is 0.897 bits per heavy atom. The molecular formula is C52H45F5O7S4. The summed E-state index contributed by atoms with van der Waals surface area (Å²) in [4.78, 5) is 17.8. The van der Waals surface area contributed by atoms with Gasteiger partial charge in [0, 0.05) is 5.41 Å². The van der Waals surface area contributed by atoms with Gasteiger partial charge in [0.15, 0.2) is 58.4 Å². The zero-order chi connectivity index (χ0) is 49.4. The molecule has 2 fully saturated rings. The third kappa shape index (κ3) is 11.3. The lowest BCUT2D eigenvalue weighted by atomic mass is 9.70. The van der Waals surface area contributed by atoms with Crippen LogP contribution in [0.25, 0.3) is 0 Å². The summed E-state index contributed by atoms with van der Waals surface area (Å²) in [5.41, 5.74) is -0.994. The second-order valence-electron chi connectivity index (χ2n) is 16.3. The van der Waals surface area contributed by atoms with Crippen molar-refractivity contribution in [2.45, 2.75) is 73.1 Å². The summed E-state index contributed by atoms with van der Waals surface area (Å²) in [6.45, 7) is 5.59. The molecule has 68 heavy (non-hydrogen) atoms. The van der Waals surface area contributed by atoms with Gasteiger partial charge >= 0.3 is 0 Å². The molecule has 16 heteroatoms. The van der Waals surface area contributed by atoms with E-state index in [9.17, 15) is 52.7 Å². The molecule has 9 rings (SSSR count). The number of fused-ring (bicyclic) bond motifs is 2. The lowest BCUT2D eigenvalue weighted by Crippen LogP contribution is -2.38. The van der Waals surface area contributed by atoms with Crippen LogP contribution in [0, 0.1) is 45.8 Å². The Bertz CT molecular complexity index is 2700. The molecule has 3 unspecified atom stereocenters. The van der Waals surface area contributed by atoms with Gasteiger partial charge in [0.25, 0.3) is 0 Å². The summed E-state index contributed by atoms with van der Waals surface area (Å²) in [5, 5.41) is -1.30. The second-order valence-corrected chi connectivity index (χ2v) is 23.2. The Morgan fingerprint density at radius 1 is 0.456 bits per heavy atom. The summed E-state index contributed by atoms with van der Waals surface area (Å²) < 4.78 is 126. The van der Waals surface area contributed by atoms with Crippen LogP contribution in [-0.2, 0) is 46.8 Å². The Labute approximate surface area is 399 Å². The first-order valence-electron chi connectivity index (χ1n) is 21.0. The maximum Gasteiger partial charge on any atom is 0.200 e. The minimum absolute atomic E-state index is 0.0146. The third-order valence-corrected chi connectivity index (χ3v) is 18.6. The quantitative estimate of drug-likeness (QED) is 0.0487. The lowest BCUT2D eigenvalue weighted by Gasteiger charge is -2.32. The normalized spacial score (nSPS) is 18.1. The van der Waals surface area contributed by atoms with E-state index in [1.54, 1.807) is 6.92 Å².